The SMILES string of the molecule is CCC(C)=NOC.Cc1cc(C)n(C)n1. The summed E-state index contributed by atoms with van der Waals surface area (Å²) in [5.74, 6) is 0. The number of hydrogen-bond acceptors (Lipinski definition) is 3. The van der Waals surface area contributed by atoms with Gasteiger partial charge in [0.15, 0.2) is 0 Å². The third-order valence-electron chi connectivity index (χ3n) is 1.99. The van der Waals surface area contributed by atoms with Crippen LogP contribution < -0.4 is 0 Å². The lowest BCUT2D eigenvalue weighted by molar-refractivity contribution is 0.212. The maximum Gasteiger partial charge on any atom is 0.106 e. The Bertz CT molecular complexity index is 296. The number of oxime groups is 1. The molecule has 0 bridgehead atoms. The Morgan fingerprint density at radius 1 is 1.53 bits per heavy atom. The molecule has 1 rings (SSSR count). The van der Waals surface area contributed by atoms with Crippen molar-refractivity contribution in [1.82, 2.24) is 9.78 Å². The molecule has 0 aliphatic rings. The zero-order chi connectivity index (χ0) is 11.8. The van der Waals surface area contributed by atoms with E-state index in [2.05, 4.69) is 21.2 Å². The molecule has 0 saturated heterocycles. The smallest absolute Gasteiger partial charge is 0.106 e. The van der Waals surface area contributed by atoms with Crippen molar-refractivity contribution >= 4 is 5.71 Å². The standard InChI is InChI=1S/C6H10N2.C5H11NO/c1-5-4-6(2)8(3)7-5;1-4-5(2)6-7-3/h4H,1-3H3;4H2,1-3H3. The van der Waals surface area contributed by atoms with Crippen LogP contribution in [0.25, 0.3) is 0 Å². The Kier molecular flexibility index (Phi) is 6.42. The second-order valence-electron chi connectivity index (χ2n) is 3.41. The molecule has 86 valence electrons. The van der Waals surface area contributed by atoms with Crippen LogP contribution in [0.15, 0.2) is 11.2 Å². The van der Waals surface area contributed by atoms with Crippen LogP contribution in [0.4, 0.5) is 0 Å². The summed E-state index contributed by atoms with van der Waals surface area (Å²) in [5.41, 5.74) is 3.33. The summed E-state index contributed by atoms with van der Waals surface area (Å²) in [6, 6.07) is 2.06. The summed E-state index contributed by atoms with van der Waals surface area (Å²) >= 11 is 0. The average Bonchev–Trinajstić information content (AvgIpc) is 2.45. The fraction of sp³-hybridized carbons (Fsp3) is 0.636. The van der Waals surface area contributed by atoms with Gasteiger partial charge in [0.05, 0.1) is 11.4 Å². The van der Waals surface area contributed by atoms with Gasteiger partial charge in [-0.15, -0.1) is 0 Å². The summed E-state index contributed by atoms with van der Waals surface area (Å²) in [5, 5.41) is 7.79. The zero-order valence-corrected chi connectivity index (χ0v) is 10.5. The van der Waals surface area contributed by atoms with Crippen LogP contribution in [0.3, 0.4) is 0 Å². The Morgan fingerprint density at radius 2 is 2.13 bits per heavy atom. The normalized spacial score (nSPS) is 10.7. The van der Waals surface area contributed by atoms with E-state index in [0.29, 0.717) is 0 Å². The first kappa shape index (κ1) is 13.7. The highest BCUT2D eigenvalue weighted by atomic mass is 16.6. The molecule has 4 nitrogen and oxygen atoms in total. The summed E-state index contributed by atoms with van der Waals surface area (Å²) in [6.07, 6.45) is 0.966. The first-order valence-electron chi connectivity index (χ1n) is 5.05. The second-order valence-corrected chi connectivity index (χ2v) is 3.41. The third-order valence-corrected chi connectivity index (χ3v) is 1.99. The molecule has 0 saturated carbocycles. The maximum atomic E-state index is 4.48. The van der Waals surface area contributed by atoms with Crippen molar-refractivity contribution < 1.29 is 4.84 Å². The molecule has 0 spiro atoms. The number of aryl methyl sites for hydroxylation is 3. The predicted molar refractivity (Wildman–Crippen MR) is 63.1 cm³/mol. The van der Waals surface area contributed by atoms with Crippen LogP contribution in [-0.4, -0.2) is 22.6 Å². The van der Waals surface area contributed by atoms with Crippen LogP contribution in [-0.2, 0) is 11.9 Å². The molecule has 0 aliphatic carbocycles. The van der Waals surface area contributed by atoms with Gasteiger partial charge in [0.1, 0.15) is 7.11 Å². The molecule has 0 amide bonds. The van der Waals surface area contributed by atoms with E-state index in [4.69, 9.17) is 0 Å². The predicted octanol–water partition coefficient (Wildman–Crippen LogP) is 2.46. The minimum Gasteiger partial charge on any atom is -0.399 e. The first-order chi connectivity index (χ1) is 7.01. The van der Waals surface area contributed by atoms with Gasteiger partial charge in [-0.25, -0.2) is 0 Å². The third kappa shape index (κ3) is 5.88. The molecule has 1 aromatic heterocycles. The van der Waals surface area contributed by atoms with Crippen LogP contribution in [0, 0.1) is 13.8 Å². The quantitative estimate of drug-likeness (QED) is 0.557. The Morgan fingerprint density at radius 3 is 2.27 bits per heavy atom. The molecule has 0 N–H and O–H groups in total. The number of aromatic nitrogens is 2. The highest BCUT2D eigenvalue weighted by Crippen LogP contribution is 1.97. The minimum absolute atomic E-state index is 0.966. The zero-order valence-electron chi connectivity index (χ0n) is 10.5. The molecule has 1 aromatic rings. The van der Waals surface area contributed by atoms with Gasteiger partial charge < -0.3 is 4.84 Å². The highest BCUT2D eigenvalue weighted by molar-refractivity contribution is 5.80. The molecular formula is C11H21N3O. The number of rotatable bonds is 2. The first-order valence-corrected chi connectivity index (χ1v) is 5.05. The summed E-state index contributed by atoms with van der Waals surface area (Å²) in [4.78, 5) is 4.48. The Hall–Kier alpha value is -1.32. The molecule has 4 heteroatoms. The van der Waals surface area contributed by atoms with Gasteiger partial charge in [-0.3, -0.25) is 4.68 Å². The molecular weight excluding hydrogens is 190 g/mol. The van der Waals surface area contributed by atoms with E-state index in [1.54, 1.807) is 7.11 Å². The summed E-state index contributed by atoms with van der Waals surface area (Å²) in [7, 11) is 3.50. The topological polar surface area (TPSA) is 39.4 Å². The van der Waals surface area contributed by atoms with E-state index in [-0.39, 0.29) is 0 Å². The Labute approximate surface area is 91.9 Å². The monoisotopic (exact) mass is 211 g/mol. The molecule has 0 fully saturated rings. The lowest BCUT2D eigenvalue weighted by Gasteiger charge is -1.88. The maximum absolute atomic E-state index is 4.48. The van der Waals surface area contributed by atoms with Crippen molar-refractivity contribution in [2.75, 3.05) is 7.11 Å². The van der Waals surface area contributed by atoms with Crippen molar-refractivity contribution in [3.05, 3.63) is 17.5 Å². The lowest BCUT2D eigenvalue weighted by Crippen LogP contribution is -1.91. The summed E-state index contributed by atoms with van der Waals surface area (Å²) in [6.45, 7) is 8.01. The highest BCUT2D eigenvalue weighted by Gasteiger charge is 1.91. The van der Waals surface area contributed by atoms with Gasteiger partial charge >= 0.3 is 0 Å². The molecule has 0 radical (unpaired) electrons. The largest absolute Gasteiger partial charge is 0.399 e. The molecule has 0 aliphatic heterocycles. The van der Waals surface area contributed by atoms with Gasteiger partial charge in [0.2, 0.25) is 0 Å². The molecule has 0 atom stereocenters. The van der Waals surface area contributed by atoms with E-state index >= 15 is 0 Å². The van der Waals surface area contributed by atoms with Crippen molar-refractivity contribution in [3.63, 3.8) is 0 Å². The average molecular weight is 211 g/mol. The molecule has 0 unspecified atom stereocenters. The molecule has 15 heavy (non-hydrogen) atoms. The van der Waals surface area contributed by atoms with E-state index in [0.717, 1.165) is 17.8 Å². The molecule has 0 aromatic carbocycles. The van der Waals surface area contributed by atoms with E-state index in [1.807, 2.05) is 39.4 Å². The molecule has 1 heterocycles. The van der Waals surface area contributed by atoms with Crippen LogP contribution in [0.5, 0.6) is 0 Å². The van der Waals surface area contributed by atoms with Crippen LogP contribution >= 0.6 is 0 Å². The fourth-order valence-electron chi connectivity index (χ4n) is 0.960. The fourth-order valence-corrected chi connectivity index (χ4v) is 0.960. The van der Waals surface area contributed by atoms with Gasteiger partial charge in [-0.2, -0.15) is 5.10 Å². The lowest BCUT2D eigenvalue weighted by atomic mass is 10.3. The second kappa shape index (κ2) is 7.04. The van der Waals surface area contributed by atoms with Gasteiger partial charge in [0.25, 0.3) is 0 Å². The van der Waals surface area contributed by atoms with E-state index in [1.165, 1.54) is 5.69 Å². The summed E-state index contributed by atoms with van der Waals surface area (Å²) < 4.78 is 1.87. The van der Waals surface area contributed by atoms with Gasteiger partial charge in [-0.05, 0) is 33.3 Å². The van der Waals surface area contributed by atoms with Crippen molar-refractivity contribution in [1.29, 1.82) is 0 Å². The minimum atomic E-state index is 0.966. The van der Waals surface area contributed by atoms with E-state index < -0.39 is 0 Å². The van der Waals surface area contributed by atoms with Crippen LogP contribution in [0.1, 0.15) is 31.7 Å². The Balaban J connectivity index is 0.000000265. The van der Waals surface area contributed by atoms with Crippen molar-refractivity contribution in [2.24, 2.45) is 12.2 Å². The van der Waals surface area contributed by atoms with Crippen molar-refractivity contribution in [2.45, 2.75) is 34.1 Å². The number of nitrogens with zero attached hydrogens (tertiary/aromatic N) is 3. The van der Waals surface area contributed by atoms with Crippen LogP contribution in [0.2, 0.25) is 0 Å². The van der Waals surface area contributed by atoms with E-state index in [9.17, 15) is 0 Å². The van der Waals surface area contributed by atoms with Crippen molar-refractivity contribution in [3.8, 4) is 0 Å². The van der Waals surface area contributed by atoms with Gasteiger partial charge in [-0.1, -0.05) is 12.1 Å². The van der Waals surface area contributed by atoms with Gasteiger partial charge in [0, 0.05) is 12.7 Å². The number of hydrogen-bond donors (Lipinski definition) is 0.